The molecule has 0 unspecified atom stereocenters. The van der Waals surface area contributed by atoms with Gasteiger partial charge in [0.1, 0.15) is 0 Å². The fourth-order valence-corrected chi connectivity index (χ4v) is 1.45. The average molecular weight is 285 g/mol. The minimum Gasteiger partial charge on any atom is -0.347 e. The van der Waals surface area contributed by atoms with E-state index in [0.29, 0.717) is 5.56 Å². The minimum atomic E-state index is -0.253. The van der Waals surface area contributed by atoms with E-state index in [1.54, 1.807) is 32.3 Å². The summed E-state index contributed by atoms with van der Waals surface area (Å²) in [6, 6.07) is 7.00. The number of hydrogen-bond acceptors (Lipinski definition) is 2. The molecule has 0 saturated heterocycles. The number of halogens is 1. The molecule has 0 heterocycles. The Morgan fingerprint density at radius 3 is 2.62 bits per heavy atom. The van der Waals surface area contributed by atoms with Crippen molar-refractivity contribution in [1.82, 2.24) is 10.2 Å². The lowest BCUT2D eigenvalue weighted by Gasteiger charge is -2.10. The summed E-state index contributed by atoms with van der Waals surface area (Å²) in [5.74, 6) is -0.389. The number of carbonyl (C=O) groups is 2. The summed E-state index contributed by atoms with van der Waals surface area (Å²) in [7, 11) is 3.29. The Morgan fingerprint density at radius 2 is 2.06 bits per heavy atom. The molecule has 5 heteroatoms. The summed E-state index contributed by atoms with van der Waals surface area (Å²) >= 11 is 3.28. The molecular formula is C11H13BrN2O2. The van der Waals surface area contributed by atoms with Crippen LogP contribution in [-0.4, -0.2) is 37.4 Å². The molecule has 0 aliphatic carbocycles. The zero-order valence-electron chi connectivity index (χ0n) is 9.16. The van der Waals surface area contributed by atoms with Crippen LogP contribution in [0.3, 0.4) is 0 Å². The largest absolute Gasteiger partial charge is 0.347 e. The van der Waals surface area contributed by atoms with E-state index in [1.165, 1.54) is 4.90 Å². The number of hydrogen-bond donors (Lipinski definition) is 1. The van der Waals surface area contributed by atoms with Crippen LogP contribution in [-0.2, 0) is 4.79 Å². The Balaban J connectivity index is 2.57. The number of amides is 2. The van der Waals surface area contributed by atoms with Crippen LogP contribution in [0.4, 0.5) is 0 Å². The summed E-state index contributed by atoms with van der Waals surface area (Å²) in [5.41, 5.74) is 0.529. The van der Waals surface area contributed by atoms with E-state index in [0.717, 1.165) is 4.47 Å². The van der Waals surface area contributed by atoms with Crippen molar-refractivity contribution in [2.45, 2.75) is 0 Å². The molecule has 0 spiro atoms. The van der Waals surface area contributed by atoms with Crippen LogP contribution in [0.25, 0.3) is 0 Å². The molecule has 2 amide bonds. The normalized spacial score (nSPS) is 9.69. The molecule has 0 saturated carbocycles. The number of benzene rings is 1. The summed E-state index contributed by atoms with van der Waals surface area (Å²) < 4.78 is 0.832. The second-order valence-corrected chi connectivity index (χ2v) is 4.40. The van der Waals surface area contributed by atoms with Crippen molar-refractivity contribution in [2.75, 3.05) is 20.6 Å². The van der Waals surface area contributed by atoms with Crippen molar-refractivity contribution in [1.29, 1.82) is 0 Å². The minimum absolute atomic E-state index is 0.0122. The van der Waals surface area contributed by atoms with Gasteiger partial charge in [-0.05, 0) is 18.2 Å². The van der Waals surface area contributed by atoms with E-state index in [2.05, 4.69) is 21.2 Å². The molecule has 86 valence electrons. The molecule has 0 radical (unpaired) electrons. The lowest BCUT2D eigenvalue weighted by molar-refractivity contribution is -0.127. The molecule has 0 aliphatic heterocycles. The Labute approximate surface area is 103 Å². The Hall–Kier alpha value is -1.36. The predicted octanol–water partition coefficient (Wildman–Crippen LogP) is 1.27. The fraction of sp³-hybridized carbons (Fsp3) is 0.273. The van der Waals surface area contributed by atoms with Crippen molar-refractivity contribution >= 4 is 27.7 Å². The van der Waals surface area contributed by atoms with Crippen molar-refractivity contribution < 1.29 is 9.59 Å². The van der Waals surface area contributed by atoms with Crippen LogP contribution in [0, 0.1) is 0 Å². The van der Waals surface area contributed by atoms with Gasteiger partial charge in [0.15, 0.2) is 0 Å². The lowest BCUT2D eigenvalue weighted by atomic mass is 10.2. The van der Waals surface area contributed by atoms with Crippen molar-refractivity contribution in [2.24, 2.45) is 0 Å². The zero-order chi connectivity index (χ0) is 12.1. The first-order valence-corrected chi connectivity index (χ1v) is 5.54. The molecular weight excluding hydrogens is 272 g/mol. The van der Waals surface area contributed by atoms with Gasteiger partial charge in [0.25, 0.3) is 5.91 Å². The third kappa shape index (κ3) is 3.66. The Kier molecular flexibility index (Phi) is 4.49. The zero-order valence-corrected chi connectivity index (χ0v) is 10.7. The molecule has 0 fully saturated rings. The van der Waals surface area contributed by atoms with E-state index in [1.807, 2.05) is 6.07 Å². The van der Waals surface area contributed by atoms with Crippen LogP contribution in [0.2, 0.25) is 0 Å². The third-order valence-corrected chi connectivity index (χ3v) is 2.48. The first kappa shape index (κ1) is 12.7. The predicted molar refractivity (Wildman–Crippen MR) is 65.2 cm³/mol. The monoisotopic (exact) mass is 284 g/mol. The molecule has 0 bridgehead atoms. The van der Waals surface area contributed by atoms with Crippen molar-refractivity contribution in [3.8, 4) is 0 Å². The topological polar surface area (TPSA) is 49.4 Å². The van der Waals surface area contributed by atoms with Gasteiger partial charge in [0.05, 0.1) is 6.54 Å². The van der Waals surface area contributed by atoms with E-state index in [-0.39, 0.29) is 18.4 Å². The van der Waals surface area contributed by atoms with E-state index >= 15 is 0 Å². The summed E-state index contributed by atoms with van der Waals surface area (Å²) in [5, 5.41) is 2.56. The van der Waals surface area contributed by atoms with E-state index in [4.69, 9.17) is 0 Å². The number of rotatable bonds is 3. The van der Waals surface area contributed by atoms with Crippen molar-refractivity contribution in [3.63, 3.8) is 0 Å². The quantitative estimate of drug-likeness (QED) is 0.909. The van der Waals surface area contributed by atoms with Gasteiger partial charge in [-0.1, -0.05) is 22.0 Å². The summed E-state index contributed by atoms with van der Waals surface area (Å²) in [6.45, 7) is 0.0122. The van der Waals surface area contributed by atoms with Gasteiger partial charge in [0.2, 0.25) is 5.91 Å². The second-order valence-electron chi connectivity index (χ2n) is 3.48. The van der Waals surface area contributed by atoms with Crippen LogP contribution in [0.1, 0.15) is 10.4 Å². The van der Waals surface area contributed by atoms with Crippen LogP contribution >= 0.6 is 15.9 Å². The molecule has 0 aliphatic rings. The number of likely N-dealkylation sites (N-methyl/N-ethyl adjacent to an activating group) is 1. The maximum absolute atomic E-state index is 11.6. The maximum atomic E-state index is 11.6. The molecule has 16 heavy (non-hydrogen) atoms. The molecule has 4 nitrogen and oxygen atoms in total. The smallest absolute Gasteiger partial charge is 0.251 e. The molecule has 0 aromatic heterocycles. The fourth-order valence-electron chi connectivity index (χ4n) is 1.05. The highest BCUT2D eigenvalue weighted by Crippen LogP contribution is 2.11. The SMILES string of the molecule is CN(C)C(=O)CNC(=O)c1cccc(Br)c1. The van der Waals surface area contributed by atoms with Gasteiger partial charge >= 0.3 is 0 Å². The first-order chi connectivity index (χ1) is 7.50. The Bertz CT molecular complexity index is 405. The summed E-state index contributed by atoms with van der Waals surface area (Å²) in [4.78, 5) is 24.3. The number of nitrogens with zero attached hydrogens (tertiary/aromatic N) is 1. The number of carbonyl (C=O) groups excluding carboxylic acids is 2. The lowest BCUT2D eigenvalue weighted by Crippen LogP contribution is -2.36. The van der Waals surface area contributed by atoms with Gasteiger partial charge in [0, 0.05) is 24.1 Å². The average Bonchev–Trinajstić information content (AvgIpc) is 2.25. The first-order valence-electron chi connectivity index (χ1n) is 4.74. The Morgan fingerprint density at radius 1 is 1.38 bits per heavy atom. The van der Waals surface area contributed by atoms with E-state index in [9.17, 15) is 9.59 Å². The maximum Gasteiger partial charge on any atom is 0.251 e. The summed E-state index contributed by atoms with van der Waals surface area (Å²) in [6.07, 6.45) is 0. The molecule has 0 atom stereocenters. The second kappa shape index (κ2) is 5.65. The highest BCUT2D eigenvalue weighted by molar-refractivity contribution is 9.10. The highest BCUT2D eigenvalue weighted by Gasteiger charge is 2.08. The molecule has 1 aromatic rings. The highest BCUT2D eigenvalue weighted by atomic mass is 79.9. The van der Waals surface area contributed by atoms with Gasteiger partial charge in [-0.3, -0.25) is 9.59 Å². The van der Waals surface area contributed by atoms with Gasteiger partial charge < -0.3 is 10.2 Å². The van der Waals surface area contributed by atoms with Crippen LogP contribution in [0.15, 0.2) is 28.7 Å². The standard InChI is InChI=1S/C11H13BrN2O2/c1-14(2)10(15)7-13-11(16)8-4-3-5-9(12)6-8/h3-6H,7H2,1-2H3,(H,13,16). The van der Waals surface area contributed by atoms with Crippen LogP contribution in [0.5, 0.6) is 0 Å². The molecule has 1 N–H and O–H groups in total. The number of nitrogens with one attached hydrogen (secondary N) is 1. The van der Waals surface area contributed by atoms with Gasteiger partial charge in [-0.25, -0.2) is 0 Å². The van der Waals surface area contributed by atoms with Crippen molar-refractivity contribution in [3.05, 3.63) is 34.3 Å². The van der Waals surface area contributed by atoms with Crippen LogP contribution < -0.4 is 5.32 Å². The molecule has 1 aromatic carbocycles. The van der Waals surface area contributed by atoms with Gasteiger partial charge in [-0.15, -0.1) is 0 Å². The van der Waals surface area contributed by atoms with Gasteiger partial charge in [-0.2, -0.15) is 0 Å². The van der Waals surface area contributed by atoms with E-state index < -0.39 is 0 Å². The third-order valence-electron chi connectivity index (χ3n) is 1.99. The molecule has 1 rings (SSSR count).